The van der Waals surface area contributed by atoms with Crippen molar-refractivity contribution < 1.29 is 152 Å². The van der Waals surface area contributed by atoms with Gasteiger partial charge < -0.3 is 26.5 Å². The van der Waals surface area contributed by atoms with E-state index in [1.807, 2.05) is 19.9 Å². The Morgan fingerprint density at radius 3 is 1.72 bits per heavy atom. The molecular formula is C55H77BrF2K2N6O8. The van der Waals surface area contributed by atoms with Crippen molar-refractivity contribution in [1.29, 1.82) is 10.5 Å². The summed E-state index contributed by atoms with van der Waals surface area (Å²) >= 11 is 3.37. The molecule has 1 aliphatic heterocycles. The number of nitrogens with one attached hydrogen (secondary N) is 1. The van der Waals surface area contributed by atoms with Gasteiger partial charge in [0.25, 0.3) is 0 Å². The molecule has 398 valence electrons. The Labute approximate surface area is 531 Å². The summed E-state index contributed by atoms with van der Waals surface area (Å²) < 4.78 is 39.1. The van der Waals surface area contributed by atoms with Crippen LogP contribution in [-0.4, -0.2) is 88.3 Å². The molecule has 2 unspecified atom stereocenters. The summed E-state index contributed by atoms with van der Waals surface area (Å²) in [6.07, 6.45) is 21.9. The SMILES string of the molecule is C[C@@]1(O)CC[C@@]2(F)[C@H](CC[C@H]3[C@@H]4CC[C@H](C(=O)Cn5cc(C#N)cn5)[C@@]4(C)CC[C@@H]32)C1.C[C@@]1(O)CC[C@]2(F)C3CC[C@]4(C)[C@@H](C(=O)CBr)CC[C@H]4[C@@H]3CC[C@@H]2C1.N#Cc1cn[nH]c1.O=C(O[O-])C1CCCO1.[H-].[K+].[K+]. The summed E-state index contributed by atoms with van der Waals surface area (Å²) in [6.45, 7) is 9.10. The number of alkyl halides is 3. The van der Waals surface area contributed by atoms with E-state index in [1.54, 1.807) is 17.1 Å². The number of fused-ring (bicyclic) bond motifs is 10. The van der Waals surface area contributed by atoms with Crippen LogP contribution in [0.15, 0.2) is 24.8 Å². The number of hydrogen-bond donors (Lipinski definition) is 3. The van der Waals surface area contributed by atoms with Gasteiger partial charge in [0, 0.05) is 30.8 Å². The zero-order valence-electron chi connectivity index (χ0n) is 45.6. The molecule has 0 bridgehead atoms. The summed E-state index contributed by atoms with van der Waals surface area (Å²) in [7, 11) is 0. The predicted octanol–water partition coefficient (Wildman–Crippen LogP) is 2.88. The van der Waals surface area contributed by atoms with Gasteiger partial charge in [-0.3, -0.25) is 19.4 Å². The van der Waals surface area contributed by atoms with Crippen molar-refractivity contribution in [3.8, 4) is 12.1 Å². The van der Waals surface area contributed by atoms with Crippen molar-refractivity contribution in [2.45, 2.75) is 191 Å². The number of nitrogens with zero attached hydrogens (tertiary/aromatic N) is 5. The van der Waals surface area contributed by atoms with Gasteiger partial charge in [0.1, 0.15) is 29.3 Å². The van der Waals surface area contributed by atoms with Crippen LogP contribution in [0.1, 0.15) is 169 Å². The Morgan fingerprint density at radius 1 is 0.770 bits per heavy atom. The predicted molar refractivity (Wildman–Crippen MR) is 263 cm³/mol. The first-order chi connectivity index (χ1) is 34.1. The number of carbonyl (C=O) groups is 3. The molecule has 9 aliphatic rings. The molecule has 0 radical (unpaired) electrons. The second kappa shape index (κ2) is 25.6. The molecule has 19 heteroatoms. The van der Waals surface area contributed by atoms with Crippen LogP contribution < -0.4 is 108 Å². The summed E-state index contributed by atoms with van der Waals surface area (Å²) in [5.74, 6) is 1.87. The third-order valence-electron chi connectivity index (χ3n) is 20.5. The fourth-order valence-electron chi connectivity index (χ4n) is 17.0. The Bertz CT molecular complexity index is 2350. The first-order valence-electron chi connectivity index (χ1n) is 26.9. The van der Waals surface area contributed by atoms with Crippen molar-refractivity contribution in [2.75, 3.05) is 11.9 Å². The molecule has 0 amide bonds. The molecule has 14 nitrogen and oxygen atoms in total. The fraction of sp³-hybridized carbons (Fsp3) is 0.800. The molecule has 8 saturated carbocycles. The van der Waals surface area contributed by atoms with Crippen molar-refractivity contribution in [3.63, 3.8) is 0 Å². The van der Waals surface area contributed by atoms with E-state index in [-0.39, 0.29) is 163 Å². The number of halogens is 3. The van der Waals surface area contributed by atoms with Gasteiger partial charge in [0.15, 0.2) is 11.9 Å². The quantitative estimate of drug-likeness (QED) is 0.164. The minimum absolute atomic E-state index is 0. The molecule has 8 aliphatic carbocycles. The largest absolute Gasteiger partial charge is 1.00 e. The number of carbonyl (C=O) groups excluding carboxylic acids is 3. The van der Waals surface area contributed by atoms with Gasteiger partial charge in [0.2, 0.25) is 0 Å². The number of aliphatic hydroxyl groups is 2. The van der Waals surface area contributed by atoms with Crippen molar-refractivity contribution in [2.24, 2.45) is 70.0 Å². The second-order valence-corrected chi connectivity index (χ2v) is 25.1. The molecule has 2 aromatic heterocycles. The molecular weight excluding hydrogens is 1070 g/mol. The van der Waals surface area contributed by atoms with Gasteiger partial charge in [-0.05, 0) is 200 Å². The fourth-order valence-corrected chi connectivity index (χ4v) is 17.4. The Kier molecular flexibility index (Phi) is 21.8. The standard InChI is InChI=1S/C25H34FN3O2.C21H32BrFO2.C5H8O4.C4H3N3.2K.H/c1-23(31)9-10-25(26)17(11-23)3-4-18-19-5-6-21(24(19,2)8-7-20(18)25)22(30)15-29-14-16(12-27)13-28-29;1-19(25)9-10-21(23)13(11-19)3-4-14-15-5-6-17(18(24)12-22)20(15,2)8-7-16(14)21;6-5(9-7)4-2-1-3-8-4;5-1-4-2-6-7-3-4;;;/h13-14,17-21,31H,3-11,15H2,1-2H3;13-17,25H,3-12H2,1-2H3;4,7H,1-3H2;2-3H,(H,6,7);;;/q;;;;2*+1;-1/p-1/t17-,18+,19+,20+,21-,23-,24+,25-;13-,14+,15+,16?,17-,19-,20+,21-;;;;;/m11...../s1. The number of aromatic amines is 1. The summed E-state index contributed by atoms with van der Waals surface area (Å²) in [5.41, 5.74) is -2.57. The average molecular weight is 1150 g/mol. The van der Waals surface area contributed by atoms with E-state index in [0.29, 0.717) is 97.5 Å². The maximum absolute atomic E-state index is 16.4. The van der Waals surface area contributed by atoms with Crippen LogP contribution in [0.2, 0.25) is 0 Å². The first-order valence-corrected chi connectivity index (χ1v) is 28.0. The Morgan fingerprint density at radius 2 is 1.30 bits per heavy atom. The van der Waals surface area contributed by atoms with E-state index in [1.165, 1.54) is 12.4 Å². The smallest absolute Gasteiger partial charge is 1.00 e. The van der Waals surface area contributed by atoms with E-state index in [4.69, 9.17) is 15.3 Å². The number of rotatable bonds is 6. The molecule has 17 atom stereocenters. The molecule has 1 saturated heterocycles. The topological polar surface area (TPSA) is 227 Å². The summed E-state index contributed by atoms with van der Waals surface area (Å²) in [4.78, 5) is 39.3. The third kappa shape index (κ3) is 12.9. The molecule has 0 aromatic carbocycles. The van der Waals surface area contributed by atoms with Gasteiger partial charge in [-0.1, -0.05) is 29.8 Å². The van der Waals surface area contributed by atoms with Crippen LogP contribution >= 0.6 is 15.9 Å². The molecule has 74 heavy (non-hydrogen) atoms. The van der Waals surface area contributed by atoms with Crippen LogP contribution in [0.3, 0.4) is 0 Å². The number of nitriles is 2. The maximum Gasteiger partial charge on any atom is 1.00 e. The minimum atomic E-state index is -1.14. The average Bonchev–Trinajstić information content (AvgIpc) is 4.23. The number of hydrogen-bond acceptors (Lipinski definition) is 12. The number of Topliss-reactive ketones (excluding diaryl/α,β-unsaturated/α-hetero) is 2. The van der Waals surface area contributed by atoms with E-state index in [2.05, 4.69) is 56.0 Å². The Balaban J connectivity index is 0.000000210. The number of ether oxygens (including phenoxy) is 1. The van der Waals surface area contributed by atoms with Gasteiger partial charge in [-0.25, -0.2) is 13.6 Å². The van der Waals surface area contributed by atoms with Crippen LogP contribution in [-0.2, 0) is 30.6 Å². The molecule has 2 aromatic rings. The third-order valence-corrected chi connectivity index (χ3v) is 21.1. The zero-order chi connectivity index (χ0) is 51.9. The maximum atomic E-state index is 16.4. The van der Waals surface area contributed by atoms with E-state index in [0.717, 1.165) is 83.5 Å². The molecule has 3 heterocycles. The van der Waals surface area contributed by atoms with Gasteiger partial charge >= 0.3 is 109 Å². The summed E-state index contributed by atoms with van der Waals surface area (Å²) in [6, 6.07) is 3.97. The normalized spacial score (nSPS) is 42.0. The van der Waals surface area contributed by atoms with Gasteiger partial charge in [-0.15, -0.1) is 0 Å². The van der Waals surface area contributed by atoms with Crippen LogP contribution in [0, 0.1) is 92.7 Å². The van der Waals surface area contributed by atoms with Crippen molar-refractivity contribution in [1.82, 2.24) is 20.0 Å². The monoisotopic (exact) mass is 1140 g/mol. The number of H-pyrrole nitrogens is 1. The van der Waals surface area contributed by atoms with E-state index >= 15 is 8.78 Å². The van der Waals surface area contributed by atoms with E-state index < -0.39 is 34.6 Å². The zero-order valence-corrected chi connectivity index (χ0v) is 52.5. The summed E-state index contributed by atoms with van der Waals surface area (Å²) in [5, 5.41) is 58.2. The molecule has 11 rings (SSSR count). The number of aromatic nitrogens is 4. The van der Waals surface area contributed by atoms with E-state index in [9.17, 15) is 29.9 Å². The Hall–Kier alpha value is -0.337. The van der Waals surface area contributed by atoms with Gasteiger partial charge in [0.05, 0.1) is 46.6 Å². The first kappa shape index (κ1) is 62.9. The van der Waals surface area contributed by atoms with Crippen molar-refractivity contribution in [3.05, 3.63) is 35.9 Å². The molecule has 9 fully saturated rings. The molecule has 3 N–H and O–H groups in total. The second-order valence-electron chi connectivity index (χ2n) is 24.5. The van der Waals surface area contributed by atoms with Crippen molar-refractivity contribution >= 4 is 33.5 Å². The molecule has 0 spiro atoms. The number of ketones is 2. The van der Waals surface area contributed by atoms with Crippen LogP contribution in [0.4, 0.5) is 8.78 Å². The van der Waals surface area contributed by atoms with Crippen LogP contribution in [0.5, 0.6) is 0 Å². The minimum Gasteiger partial charge on any atom is -1.00 e. The van der Waals surface area contributed by atoms with Crippen LogP contribution in [0.25, 0.3) is 0 Å². The van der Waals surface area contributed by atoms with Gasteiger partial charge in [-0.2, -0.15) is 20.7 Å².